The van der Waals surface area contributed by atoms with Crippen LogP contribution in [0.15, 0.2) is 22.5 Å². The second-order valence-electron chi connectivity index (χ2n) is 6.48. The van der Waals surface area contributed by atoms with E-state index >= 15 is 0 Å². The lowest BCUT2D eigenvalue weighted by atomic mass is 9.81. The van der Waals surface area contributed by atoms with Crippen LogP contribution >= 0.6 is 0 Å². The molecule has 0 aromatic heterocycles. The molecule has 0 N–H and O–H groups in total. The van der Waals surface area contributed by atoms with Gasteiger partial charge in [0.1, 0.15) is 0 Å². The summed E-state index contributed by atoms with van der Waals surface area (Å²) in [6, 6.07) is 0. The molecule has 0 amide bonds. The summed E-state index contributed by atoms with van der Waals surface area (Å²) in [4.78, 5) is 0. The van der Waals surface area contributed by atoms with Crippen molar-refractivity contribution in [2.24, 2.45) is 10.8 Å². The molecule has 0 saturated heterocycles. The summed E-state index contributed by atoms with van der Waals surface area (Å²) in [5, 5.41) is 1.75. The highest BCUT2D eigenvalue weighted by Gasteiger charge is 2.32. The van der Waals surface area contributed by atoms with Crippen LogP contribution in [0, 0.1) is 10.8 Å². The zero-order valence-corrected chi connectivity index (χ0v) is 11.9. The predicted octanol–water partition coefficient (Wildman–Crippen LogP) is 3.88. The van der Waals surface area contributed by atoms with Crippen molar-refractivity contribution < 1.29 is 0 Å². The van der Waals surface area contributed by atoms with Gasteiger partial charge in [-0.15, -0.1) is 0 Å². The molecule has 80 valence electrons. The lowest BCUT2D eigenvalue weighted by Crippen LogP contribution is -2.24. The van der Waals surface area contributed by atoms with Crippen molar-refractivity contribution in [3.05, 3.63) is 22.5 Å². The second-order valence-corrected chi connectivity index (χ2v) is 9.01. The molecule has 0 aromatic rings. The van der Waals surface area contributed by atoms with Crippen LogP contribution in [0.3, 0.4) is 0 Å². The van der Waals surface area contributed by atoms with Crippen LogP contribution in [0.5, 0.6) is 0 Å². The summed E-state index contributed by atoms with van der Waals surface area (Å²) in [5.74, 6) is 0. The fourth-order valence-electron chi connectivity index (χ4n) is 2.41. The van der Waals surface area contributed by atoms with Gasteiger partial charge in [0.25, 0.3) is 0 Å². The minimum absolute atomic E-state index is 0.316. The van der Waals surface area contributed by atoms with Gasteiger partial charge in [0.05, 0.1) is 8.80 Å². The maximum absolute atomic E-state index is 2.47. The summed E-state index contributed by atoms with van der Waals surface area (Å²) in [6.07, 6.45) is 2.39. The second kappa shape index (κ2) is 3.37. The largest absolute Gasteiger partial charge is 0.0932 e. The third-order valence-electron chi connectivity index (χ3n) is 2.91. The summed E-state index contributed by atoms with van der Waals surface area (Å²) >= 11 is 0. The predicted molar refractivity (Wildman–Crippen MR) is 68.1 cm³/mol. The molecule has 0 spiro atoms. The third kappa shape index (κ3) is 2.19. The first kappa shape index (κ1) is 11.8. The highest BCUT2D eigenvalue weighted by Crippen LogP contribution is 2.41. The van der Waals surface area contributed by atoms with Crippen molar-refractivity contribution in [2.45, 2.75) is 48.1 Å². The molecular formula is C13H24Si. The Morgan fingerprint density at radius 3 is 1.71 bits per heavy atom. The maximum Gasteiger partial charge on any atom is 0.0869 e. The first-order chi connectivity index (χ1) is 6.14. The highest BCUT2D eigenvalue weighted by atomic mass is 28.3. The molecular weight excluding hydrogens is 184 g/mol. The molecule has 0 bridgehead atoms. The van der Waals surface area contributed by atoms with Gasteiger partial charge in [0.15, 0.2) is 0 Å². The lowest BCUT2D eigenvalue weighted by Gasteiger charge is -2.31. The first-order valence-electron chi connectivity index (χ1n) is 5.57. The summed E-state index contributed by atoms with van der Waals surface area (Å²) in [6.45, 7) is 16.5. The van der Waals surface area contributed by atoms with Crippen molar-refractivity contribution in [3.8, 4) is 0 Å². The normalized spacial score (nSPS) is 23.5. The van der Waals surface area contributed by atoms with E-state index in [0.29, 0.717) is 10.8 Å². The third-order valence-corrected chi connectivity index (χ3v) is 5.77. The minimum Gasteiger partial charge on any atom is -0.0932 e. The Labute approximate surface area is 90.7 Å². The molecule has 0 saturated carbocycles. The molecule has 0 aromatic carbocycles. The highest BCUT2D eigenvalue weighted by molar-refractivity contribution is 6.72. The van der Waals surface area contributed by atoms with Crippen molar-refractivity contribution in [1.82, 2.24) is 0 Å². The lowest BCUT2D eigenvalue weighted by molar-refractivity contribution is 0.473. The van der Waals surface area contributed by atoms with Gasteiger partial charge < -0.3 is 0 Å². The van der Waals surface area contributed by atoms with E-state index in [4.69, 9.17) is 0 Å². The van der Waals surface area contributed by atoms with E-state index in [1.807, 2.05) is 0 Å². The molecule has 1 aliphatic rings. The molecule has 1 heterocycles. The van der Waals surface area contributed by atoms with E-state index in [2.05, 4.69) is 59.9 Å². The van der Waals surface area contributed by atoms with Gasteiger partial charge in [-0.2, -0.15) is 0 Å². The van der Waals surface area contributed by atoms with E-state index in [9.17, 15) is 0 Å². The summed E-state index contributed by atoms with van der Waals surface area (Å²) in [7, 11) is -0.748. The van der Waals surface area contributed by atoms with E-state index < -0.39 is 8.80 Å². The summed E-state index contributed by atoms with van der Waals surface area (Å²) < 4.78 is 0. The number of hydrogen-bond donors (Lipinski definition) is 0. The zero-order valence-electron chi connectivity index (χ0n) is 10.7. The molecule has 1 unspecified atom stereocenters. The molecule has 0 fully saturated rings. The van der Waals surface area contributed by atoms with Gasteiger partial charge in [0, 0.05) is 0 Å². The fraction of sp³-hybridized carbons (Fsp3) is 0.692. The Balaban J connectivity index is 3.22. The van der Waals surface area contributed by atoms with Gasteiger partial charge in [-0.1, -0.05) is 65.1 Å². The van der Waals surface area contributed by atoms with Crippen LogP contribution in [0.2, 0.25) is 6.55 Å². The Bertz CT molecular complexity index is 281. The molecule has 1 rings (SSSR count). The van der Waals surface area contributed by atoms with Crippen molar-refractivity contribution in [2.75, 3.05) is 0 Å². The maximum atomic E-state index is 2.47. The monoisotopic (exact) mass is 208 g/mol. The molecule has 0 nitrogen and oxygen atoms in total. The first-order valence-corrected chi connectivity index (χ1v) is 7.97. The van der Waals surface area contributed by atoms with Gasteiger partial charge >= 0.3 is 0 Å². The quantitative estimate of drug-likeness (QED) is 0.530. The molecule has 1 atom stereocenters. The Kier molecular flexibility index (Phi) is 2.83. The Morgan fingerprint density at radius 2 is 1.43 bits per heavy atom. The van der Waals surface area contributed by atoms with Crippen molar-refractivity contribution >= 4 is 8.80 Å². The SMILES string of the molecule is C[SiH]1C=CC(C(C)(C)C)=C1C(C)(C)C. The van der Waals surface area contributed by atoms with Crippen LogP contribution in [0.1, 0.15) is 41.5 Å². The Hall–Kier alpha value is -0.303. The molecule has 0 aliphatic carbocycles. The number of allylic oxidation sites excluding steroid dienone is 3. The molecule has 1 aliphatic heterocycles. The smallest absolute Gasteiger partial charge is 0.0869 e. The van der Waals surface area contributed by atoms with Crippen LogP contribution in [-0.2, 0) is 0 Å². The van der Waals surface area contributed by atoms with Crippen molar-refractivity contribution in [3.63, 3.8) is 0 Å². The van der Waals surface area contributed by atoms with Gasteiger partial charge in [-0.3, -0.25) is 0 Å². The zero-order chi connectivity index (χ0) is 11.1. The van der Waals surface area contributed by atoms with Crippen molar-refractivity contribution in [1.29, 1.82) is 0 Å². The molecule has 0 radical (unpaired) electrons. The van der Waals surface area contributed by atoms with E-state index in [1.54, 1.807) is 10.8 Å². The fourth-order valence-corrected chi connectivity index (χ4v) is 5.47. The number of rotatable bonds is 0. The van der Waals surface area contributed by atoms with Gasteiger partial charge in [0.2, 0.25) is 0 Å². The Morgan fingerprint density at radius 1 is 0.929 bits per heavy atom. The average molecular weight is 208 g/mol. The van der Waals surface area contributed by atoms with E-state index in [-0.39, 0.29) is 0 Å². The minimum atomic E-state index is -0.748. The van der Waals surface area contributed by atoms with Crippen LogP contribution in [0.4, 0.5) is 0 Å². The molecule has 1 heteroatoms. The van der Waals surface area contributed by atoms with Crippen LogP contribution in [-0.4, -0.2) is 8.80 Å². The summed E-state index contributed by atoms with van der Waals surface area (Å²) in [5.41, 5.74) is 4.75. The van der Waals surface area contributed by atoms with Gasteiger partial charge in [-0.05, 0) is 16.4 Å². The average Bonchev–Trinajstić information content (AvgIpc) is 2.27. The van der Waals surface area contributed by atoms with Crippen LogP contribution < -0.4 is 0 Å². The molecule has 14 heavy (non-hydrogen) atoms. The van der Waals surface area contributed by atoms with Gasteiger partial charge in [-0.25, -0.2) is 0 Å². The van der Waals surface area contributed by atoms with E-state index in [0.717, 1.165) is 0 Å². The standard InChI is InChI=1S/C13H24Si/c1-12(2,3)10-8-9-14(7)11(10)13(4,5)6/h8-9,14H,1-7H3. The van der Waals surface area contributed by atoms with Crippen LogP contribution in [0.25, 0.3) is 0 Å². The topological polar surface area (TPSA) is 0 Å². The van der Waals surface area contributed by atoms with E-state index in [1.165, 1.54) is 0 Å². The number of hydrogen-bond acceptors (Lipinski definition) is 0.